The van der Waals surface area contributed by atoms with E-state index in [0.29, 0.717) is 10.3 Å². The van der Waals surface area contributed by atoms with Crippen molar-refractivity contribution in [1.82, 2.24) is 0 Å². The fourth-order valence-corrected chi connectivity index (χ4v) is 1.80. The van der Waals surface area contributed by atoms with E-state index in [2.05, 4.69) is 4.74 Å². The third kappa shape index (κ3) is 4.04. The van der Waals surface area contributed by atoms with Crippen LogP contribution in [0.5, 0.6) is 0 Å². The van der Waals surface area contributed by atoms with E-state index < -0.39 is 5.97 Å². The molecule has 0 heterocycles. The molecule has 106 valence electrons. The molecule has 2 aromatic carbocycles. The number of hydrogen-bond donors (Lipinski definition) is 0. The van der Waals surface area contributed by atoms with Gasteiger partial charge in [0.15, 0.2) is 6.21 Å². The van der Waals surface area contributed by atoms with Crippen LogP contribution in [0.1, 0.15) is 11.1 Å². The second kappa shape index (κ2) is 7.05. The summed E-state index contributed by atoms with van der Waals surface area (Å²) < 4.78 is 5.28. The van der Waals surface area contributed by atoms with Gasteiger partial charge in [-0.25, -0.2) is 4.79 Å². The molecule has 0 saturated heterocycles. The van der Waals surface area contributed by atoms with E-state index in [9.17, 15) is 10.0 Å². The molecule has 2 rings (SSSR count). The van der Waals surface area contributed by atoms with Crippen LogP contribution in [0, 0.1) is 5.21 Å². The zero-order valence-corrected chi connectivity index (χ0v) is 11.6. The van der Waals surface area contributed by atoms with Crippen molar-refractivity contribution in [2.75, 3.05) is 7.11 Å². The van der Waals surface area contributed by atoms with Crippen LogP contribution in [-0.4, -0.2) is 24.0 Å². The number of carbonyl (C=O) groups is 1. The Morgan fingerprint density at radius 3 is 2.19 bits per heavy atom. The van der Waals surface area contributed by atoms with Crippen molar-refractivity contribution >= 4 is 17.9 Å². The summed E-state index contributed by atoms with van der Waals surface area (Å²) in [4.78, 5) is 11.5. The Hall–Kier alpha value is -2.88. The van der Waals surface area contributed by atoms with Gasteiger partial charge in [0.2, 0.25) is 5.70 Å². The Balaban J connectivity index is 2.43. The summed E-state index contributed by atoms with van der Waals surface area (Å²) >= 11 is 0. The number of methoxy groups -OCH3 is 1. The molecular weight excluding hydrogens is 266 g/mol. The largest absolute Gasteiger partial charge is 0.618 e. The molecular formula is C17H15NO3. The molecule has 4 heteroatoms. The standard InChI is InChI=1S/C17H15NO3/c1-21-17(19)12-16(15-10-6-3-7-11-15)18(20)13-14-8-4-2-5-9-14/h2-13H,1H3/b16-12+,18-13-. The van der Waals surface area contributed by atoms with Crippen molar-refractivity contribution in [3.63, 3.8) is 0 Å². The van der Waals surface area contributed by atoms with Gasteiger partial charge in [0.1, 0.15) is 0 Å². The Kier molecular flexibility index (Phi) is 4.88. The molecule has 0 N–H and O–H groups in total. The number of nitrogens with zero attached hydrogens (tertiary/aromatic N) is 1. The number of carbonyl (C=O) groups excluding carboxylic acids is 1. The number of benzene rings is 2. The molecule has 2 aromatic rings. The summed E-state index contributed by atoms with van der Waals surface area (Å²) in [5, 5.41) is 12.3. The third-order valence-corrected chi connectivity index (χ3v) is 2.83. The normalized spacial score (nSPS) is 12.0. The second-order valence-corrected chi connectivity index (χ2v) is 4.28. The van der Waals surface area contributed by atoms with Gasteiger partial charge in [-0.2, -0.15) is 4.74 Å². The number of hydrogen-bond acceptors (Lipinski definition) is 3. The average Bonchev–Trinajstić information content (AvgIpc) is 2.54. The van der Waals surface area contributed by atoms with Crippen LogP contribution < -0.4 is 0 Å². The first-order valence-corrected chi connectivity index (χ1v) is 6.42. The van der Waals surface area contributed by atoms with Gasteiger partial charge in [-0.15, -0.1) is 0 Å². The van der Waals surface area contributed by atoms with Gasteiger partial charge in [0, 0.05) is 11.1 Å². The first-order valence-electron chi connectivity index (χ1n) is 6.42. The zero-order valence-electron chi connectivity index (χ0n) is 11.6. The molecule has 0 atom stereocenters. The minimum Gasteiger partial charge on any atom is -0.618 e. The lowest BCUT2D eigenvalue weighted by atomic mass is 10.1. The molecule has 0 fully saturated rings. The van der Waals surface area contributed by atoms with Crippen LogP contribution in [0.3, 0.4) is 0 Å². The van der Waals surface area contributed by atoms with Gasteiger partial charge in [-0.3, -0.25) is 0 Å². The Morgan fingerprint density at radius 1 is 1.05 bits per heavy atom. The topological polar surface area (TPSA) is 52.4 Å². The van der Waals surface area contributed by atoms with E-state index in [0.717, 1.165) is 5.56 Å². The van der Waals surface area contributed by atoms with Crippen LogP contribution in [-0.2, 0) is 9.53 Å². The van der Waals surface area contributed by atoms with Crippen LogP contribution in [0.2, 0.25) is 0 Å². The molecule has 0 aliphatic heterocycles. The Morgan fingerprint density at radius 2 is 1.62 bits per heavy atom. The van der Waals surface area contributed by atoms with Crippen molar-refractivity contribution in [1.29, 1.82) is 0 Å². The first-order chi connectivity index (χ1) is 10.2. The highest BCUT2D eigenvalue weighted by atomic mass is 16.5. The van der Waals surface area contributed by atoms with Gasteiger partial charge >= 0.3 is 5.97 Å². The molecule has 21 heavy (non-hydrogen) atoms. The maximum atomic E-state index is 12.3. The summed E-state index contributed by atoms with van der Waals surface area (Å²) in [7, 11) is 1.28. The van der Waals surface area contributed by atoms with Crippen molar-refractivity contribution in [3.05, 3.63) is 83.1 Å². The molecule has 0 aromatic heterocycles. The SMILES string of the molecule is COC(=O)/C=C(c1ccccc1)/[N+]([O-])=C/c1ccccc1. The summed E-state index contributed by atoms with van der Waals surface area (Å²) in [6.07, 6.45) is 2.60. The average molecular weight is 281 g/mol. The van der Waals surface area contributed by atoms with Gasteiger partial charge in [0.05, 0.1) is 13.2 Å². The van der Waals surface area contributed by atoms with Gasteiger partial charge < -0.3 is 9.94 Å². The molecule has 0 spiro atoms. The van der Waals surface area contributed by atoms with Crippen LogP contribution in [0.15, 0.2) is 66.7 Å². The summed E-state index contributed by atoms with van der Waals surface area (Å²) in [5.41, 5.74) is 1.62. The van der Waals surface area contributed by atoms with E-state index in [-0.39, 0.29) is 5.70 Å². The highest BCUT2D eigenvalue weighted by molar-refractivity contribution is 5.90. The summed E-state index contributed by atoms with van der Waals surface area (Å²) in [6, 6.07) is 18.1. The van der Waals surface area contributed by atoms with Crippen LogP contribution in [0.25, 0.3) is 5.70 Å². The molecule has 0 aliphatic carbocycles. The fourth-order valence-electron chi connectivity index (χ4n) is 1.80. The number of ether oxygens (including phenoxy) is 1. The first kappa shape index (κ1) is 14.5. The maximum Gasteiger partial charge on any atom is 0.337 e. The van der Waals surface area contributed by atoms with Crippen molar-refractivity contribution in [2.24, 2.45) is 0 Å². The molecule has 4 nitrogen and oxygen atoms in total. The Bertz CT molecular complexity index is 661. The Labute approximate surface area is 123 Å². The van der Waals surface area contributed by atoms with Gasteiger partial charge in [-0.05, 0) is 24.3 Å². The van der Waals surface area contributed by atoms with Crippen LogP contribution >= 0.6 is 0 Å². The summed E-state index contributed by atoms with van der Waals surface area (Å²) in [6.45, 7) is 0. The summed E-state index contributed by atoms with van der Waals surface area (Å²) in [5.74, 6) is -0.573. The maximum absolute atomic E-state index is 12.3. The van der Waals surface area contributed by atoms with Crippen molar-refractivity contribution in [3.8, 4) is 0 Å². The minimum absolute atomic E-state index is 0.228. The quantitative estimate of drug-likeness (QED) is 0.216. The van der Waals surface area contributed by atoms with Gasteiger partial charge in [0.25, 0.3) is 0 Å². The molecule has 0 radical (unpaired) electrons. The van der Waals surface area contributed by atoms with Crippen molar-refractivity contribution in [2.45, 2.75) is 0 Å². The smallest absolute Gasteiger partial charge is 0.337 e. The minimum atomic E-state index is -0.573. The highest BCUT2D eigenvalue weighted by Crippen LogP contribution is 2.15. The zero-order chi connectivity index (χ0) is 15.1. The van der Waals surface area contributed by atoms with Crippen LogP contribution in [0.4, 0.5) is 0 Å². The third-order valence-electron chi connectivity index (χ3n) is 2.83. The second-order valence-electron chi connectivity index (χ2n) is 4.28. The predicted octanol–water partition coefficient (Wildman–Crippen LogP) is 2.83. The lowest BCUT2D eigenvalue weighted by Gasteiger charge is -2.07. The lowest BCUT2D eigenvalue weighted by molar-refractivity contribution is -0.344. The molecule has 0 saturated carbocycles. The lowest BCUT2D eigenvalue weighted by Crippen LogP contribution is -2.08. The monoisotopic (exact) mass is 281 g/mol. The molecule has 0 unspecified atom stereocenters. The molecule has 0 aliphatic rings. The fraction of sp³-hybridized carbons (Fsp3) is 0.0588. The van der Waals surface area contributed by atoms with E-state index in [1.165, 1.54) is 19.4 Å². The molecule has 0 amide bonds. The van der Waals surface area contributed by atoms with E-state index >= 15 is 0 Å². The van der Waals surface area contributed by atoms with Gasteiger partial charge in [-0.1, -0.05) is 36.4 Å². The number of esters is 1. The van der Waals surface area contributed by atoms with E-state index in [1.807, 2.05) is 36.4 Å². The molecule has 0 bridgehead atoms. The van der Waals surface area contributed by atoms with E-state index in [4.69, 9.17) is 0 Å². The highest BCUT2D eigenvalue weighted by Gasteiger charge is 2.13. The van der Waals surface area contributed by atoms with E-state index in [1.54, 1.807) is 24.3 Å². The number of hydroxylamine groups is 1. The van der Waals surface area contributed by atoms with Crippen molar-refractivity contribution < 1.29 is 14.3 Å². The number of rotatable bonds is 4. The predicted molar refractivity (Wildman–Crippen MR) is 81.7 cm³/mol.